The topological polar surface area (TPSA) is 26.3 Å². The summed E-state index contributed by atoms with van der Waals surface area (Å²) in [5.74, 6) is 3.10. The van der Waals surface area contributed by atoms with Crippen molar-refractivity contribution < 1.29 is 9.53 Å². The fraction of sp³-hybridized carbons (Fsp3) is 0.880. The van der Waals surface area contributed by atoms with Crippen molar-refractivity contribution in [3.05, 3.63) is 11.6 Å². The van der Waals surface area contributed by atoms with Gasteiger partial charge in [0, 0.05) is 5.92 Å². The first kappa shape index (κ1) is 22.5. The lowest BCUT2D eigenvalue weighted by Crippen LogP contribution is -2.39. The van der Waals surface area contributed by atoms with Crippen LogP contribution in [0.15, 0.2) is 11.6 Å². The van der Waals surface area contributed by atoms with Crippen molar-refractivity contribution in [3.8, 4) is 0 Å². The molecule has 2 nitrogen and oxygen atoms in total. The van der Waals surface area contributed by atoms with Gasteiger partial charge in [0.1, 0.15) is 6.10 Å². The van der Waals surface area contributed by atoms with Crippen LogP contribution in [0.4, 0.5) is 0 Å². The van der Waals surface area contributed by atoms with Crippen LogP contribution in [0, 0.1) is 35.0 Å². The number of hydrogen-bond donors (Lipinski definition) is 0. The summed E-state index contributed by atoms with van der Waals surface area (Å²) in [5.41, 5.74) is 1.01. The Bertz CT molecular complexity index is 505. The van der Waals surface area contributed by atoms with E-state index in [1.165, 1.54) is 56.9 Å². The summed E-state index contributed by atoms with van der Waals surface area (Å²) in [4.78, 5) is 12.8. The molecule has 2 aliphatic carbocycles. The van der Waals surface area contributed by atoms with Crippen LogP contribution in [0.1, 0.15) is 99.8 Å². The number of ether oxygens (including phenoxy) is 1. The normalized spacial score (nSPS) is 29.6. The smallest absolute Gasteiger partial charge is 0.311 e. The van der Waals surface area contributed by atoms with Gasteiger partial charge in [0.15, 0.2) is 0 Å². The maximum atomic E-state index is 12.8. The molecule has 156 valence electrons. The van der Waals surface area contributed by atoms with Crippen molar-refractivity contribution in [1.82, 2.24) is 0 Å². The third-order valence-electron chi connectivity index (χ3n) is 7.03. The minimum absolute atomic E-state index is 0.0547. The number of rotatable bonds is 5. The second-order valence-electron chi connectivity index (χ2n) is 10.9. The van der Waals surface area contributed by atoms with Crippen LogP contribution in [0.5, 0.6) is 0 Å². The summed E-state index contributed by atoms with van der Waals surface area (Å²) < 4.78 is 6.23. The van der Waals surface area contributed by atoms with Crippen molar-refractivity contribution in [1.29, 1.82) is 0 Å². The van der Waals surface area contributed by atoms with Crippen molar-refractivity contribution in [3.63, 3.8) is 0 Å². The highest BCUT2D eigenvalue weighted by Gasteiger charge is 2.38. The van der Waals surface area contributed by atoms with Gasteiger partial charge in [-0.3, -0.25) is 4.79 Å². The summed E-state index contributed by atoms with van der Waals surface area (Å²) >= 11 is 0. The van der Waals surface area contributed by atoms with E-state index in [1.807, 2.05) is 20.8 Å². The Morgan fingerprint density at radius 3 is 2.19 bits per heavy atom. The van der Waals surface area contributed by atoms with Gasteiger partial charge >= 0.3 is 5.97 Å². The van der Waals surface area contributed by atoms with Gasteiger partial charge in [-0.15, -0.1) is 0 Å². The minimum atomic E-state index is -0.446. The molecule has 0 unspecified atom stereocenters. The largest absolute Gasteiger partial charge is 0.457 e. The number of allylic oxidation sites excluding steroid dienone is 1. The third-order valence-corrected chi connectivity index (χ3v) is 7.03. The second kappa shape index (κ2) is 9.61. The molecule has 0 aromatic heterocycles. The molecule has 0 spiro atoms. The van der Waals surface area contributed by atoms with E-state index in [1.54, 1.807) is 0 Å². The predicted octanol–water partition coefficient (Wildman–Crippen LogP) is 7.18. The summed E-state index contributed by atoms with van der Waals surface area (Å²) in [6.45, 7) is 15.2. The van der Waals surface area contributed by atoms with Gasteiger partial charge in [-0.1, -0.05) is 52.0 Å². The molecule has 0 N–H and O–H groups in total. The average Bonchev–Trinajstić information content (AvgIpc) is 2.60. The van der Waals surface area contributed by atoms with Gasteiger partial charge in [-0.05, 0) is 83.1 Å². The van der Waals surface area contributed by atoms with E-state index >= 15 is 0 Å². The molecule has 0 aliphatic heterocycles. The van der Waals surface area contributed by atoms with Crippen LogP contribution in [-0.4, -0.2) is 12.1 Å². The van der Waals surface area contributed by atoms with Crippen molar-refractivity contribution in [2.24, 2.45) is 35.0 Å². The number of carbonyl (C=O) groups is 1. The Kier molecular flexibility index (Phi) is 8.01. The molecule has 0 aromatic carbocycles. The number of esters is 1. The van der Waals surface area contributed by atoms with E-state index in [0.717, 1.165) is 5.92 Å². The molecule has 2 rings (SSSR count). The molecule has 2 heteroatoms. The molecule has 4 atom stereocenters. The van der Waals surface area contributed by atoms with Gasteiger partial charge < -0.3 is 4.74 Å². The Balaban J connectivity index is 2.28. The number of hydrogen-bond acceptors (Lipinski definition) is 2. The summed E-state index contributed by atoms with van der Waals surface area (Å²) in [7, 11) is 0. The van der Waals surface area contributed by atoms with E-state index in [4.69, 9.17) is 4.74 Å². The molecular weight excluding hydrogens is 332 g/mol. The lowest BCUT2D eigenvalue weighted by Gasteiger charge is -2.41. The minimum Gasteiger partial charge on any atom is -0.457 e. The summed E-state index contributed by atoms with van der Waals surface area (Å²) in [6.07, 6.45) is 12.7. The van der Waals surface area contributed by atoms with Crippen LogP contribution in [0.2, 0.25) is 0 Å². The lowest BCUT2D eigenvalue weighted by molar-refractivity contribution is -0.161. The van der Waals surface area contributed by atoms with E-state index in [-0.39, 0.29) is 12.1 Å². The summed E-state index contributed by atoms with van der Waals surface area (Å²) in [6, 6.07) is 0. The molecule has 0 bridgehead atoms. The Morgan fingerprint density at radius 2 is 1.63 bits per heavy atom. The van der Waals surface area contributed by atoms with Gasteiger partial charge in [0.25, 0.3) is 0 Å². The summed E-state index contributed by atoms with van der Waals surface area (Å²) in [5, 5.41) is 0. The van der Waals surface area contributed by atoms with Crippen molar-refractivity contribution in [2.75, 3.05) is 0 Å². The fourth-order valence-electron chi connectivity index (χ4n) is 5.15. The highest BCUT2D eigenvalue weighted by molar-refractivity contribution is 5.75. The zero-order chi connectivity index (χ0) is 20.2. The predicted molar refractivity (Wildman–Crippen MR) is 115 cm³/mol. The molecule has 0 heterocycles. The van der Waals surface area contributed by atoms with E-state index in [0.29, 0.717) is 23.7 Å². The molecular formula is C25H44O2. The maximum absolute atomic E-state index is 12.8. The standard InChI is InChI=1S/C25H44O2/c1-17(2)21-14-13-18(3)15-22(21)23(27-24(26)25(5,6)7)16-19(4)20-11-9-8-10-12-20/h16-18,20-23H,8-15H2,1-7H3/b19-16+/t18-,21+,22-,23+/m1/s1. The molecule has 27 heavy (non-hydrogen) atoms. The van der Waals surface area contributed by atoms with Crippen molar-refractivity contribution in [2.45, 2.75) is 106 Å². The van der Waals surface area contributed by atoms with E-state index in [2.05, 4.69) is 33.8 Å². The molecule has 2 saturated carbocycles. The Morgan fingerprint density at radius 1 is 1.00 bits per heavy atom. The van der Waals surface area contributed by atoms with Crippen LogP contribution in [0.25, 0.3) is 0 Å². The highest BCUT2D eigenvalue weighted by Crippen LogP contribution is 2.42. The van der Waals surface area contributed by atoms with Gasteiger partial charge in [0.2, 0.25) is 0 Å². The SMILES string of the molecule is C/C(=C\[C@H](OC(=O)C(C)(C)C)[C@@H]1C[C@H](C)CC[C@H]1C(C)C)C1CCCCC1. The number of carbonyl (C=O) groups excluding carboxylic acids is 1. The van der Waals surface area contributed by atoms with Crippen molar-refractivity contribution >= 4 is 5.97 Å². The molecule has 0 radical (unpaired) electrons. The van der Waals surface area contributed by atoms with Gasteiger partial charge in [-0.2, -0.15) is 0 Å². The van der Waals surface area contributed by atoms with E-state index < -0.39 is 5.41 Å². The van der Waals surface area contributed by atoms with Crippen LogP contribution in [0.3, 0.4) is 0 Å². The monoisotopic (exact) mass is 376 g/mol. The fourth-order valence-corrected chi connectivity index (χ4v) is 5.15. The molecule has 0 amide bonds. The second-order valence-corrected chi connectivity index (χ2v) is 10.9. The average molecular weight is 377 g/mol. The Hall–Kier alpha value is -0.790. The van der Waals surface area contributed by atoms with E-state index in [9.17, 15) is 4.79 Å². The van der Waals surface area contributed by atoms with Crippen LogP contribution in [-0.2, 0) is 9.53 Å². The molecule has 2 fully saturated rings. The van der Waals surface area contributed by atoms with Gasteiger partial charge in [0.05, 0.1) is 5.41 Å². The quantitative estimate of drug-likeness (QED) is 0.375. The molecule has 2 aliphatic rings. The highest BCUT2D eigenvalue weighted by atomic mass is 16.5. The van der Waals surface area contributed by atoms with Gasteiger partial charge in [-0.25, -0.2) is 0 Å². The third kappa shape index (κ3) is 6.36. The van der Waals surface area contributed by atoms with Crippen LogP contribution >= 0.6 is 0 Å². The lowest BCUT2D eigenvalue weighted by atomic mass is 9.67. The zero-order valence-electron chi connectivity index (χ0n) is 19.0. The zero-order valence-corrected chi connectivity index (χ0v) is 19.0. The first-order valence-corrected chi connectivity index (χ1v) is 11.5. The first-order valence-electron chi connectivity index (χ1n) is 11.5. The molecule has 0 saturated heterocycles. The maximum Gasteiger partial charge on any atom is 0.311 e. The first-order chi connectivity index (χ1) is 12.6. The Labute approximate surface area is 168 Å². The molecule has 0 aromatic rings. The van der Waals surface area contributed by atoms with Crippen LogP contribution < -0.4 is 0 Å².